The third-order valence-corrected chi connectivity index (χ3v) is 4.73. The van der Waals surface area contributed by atoms with Gasteiger partial charge in [-0.1, -0.05) is 36.4 Å². The molecule has 0 spiro atoms. The summed E-state index contributed by atoms with van der Waals surface area (Å²) in [6.45, 7) is 6.41. The van der Waals surface area contributed by atoms with Gasteiger partial charge in [-0.3, -0.25) is 0 Å². The van der Waals surface area contributed by atoms with Gasteiger partial charge >= 0.3 is 0 Å². The third-order valence-electron chi connectivity index (χ3n) is 4.73. The largest absolute Gasteiger partial charge is 0.324 e. The van der Waals surface area contributed by atoms with E-state index in [9.17, 15) is 0 Å². The van der Waals surface area contributed by atoms with Crippen LogP contribution in [0, 0.1) is 20.8 Å². The second kappa shape index (κ2) is 5.64. The van der Waals surface area contributed by atoms with Crippen LogP contribution in [-0.4, -0.2) is 14.8 Å². The number of anilines is 1. The number of rotatable bonds is 2. The first kappa shape index (κ1) is 14.7. The Labute approximate surface area is 141 Å². The van der Waals surface area contributed by atoms with Crippen molar-refractivity contribution < 1.29 is 0 Å². The van der Waals surface area contributed by atoms with Gasteiger partial charge in [0.15, 0.2) is 0 Å². The Morgan fingerprint density at radius 2 is 1.79 bits per heavy atom. The molecular weight excluding hydrogens is 296 g/mol. The van der Waals surface area contributed by atoms with Crippen molar-refractivity contribution in [2.45, 2.75) is 26.8 Å². The van der Waals surface area contributed by atoms with Gasteiger partial charge < -0.3 is 5.32 Å². The molecule has 1 aliphatic heterocycles. The van der Waals surface area contributed by atoms with Crippen LogP contribution >= 0.6 is 0 Å². The van der Waals surface area contributed by atoms with Gasteiger partial charge in [0.05, 0.1) is 0 Å². The molecule has 0 fully saturated rings. The van der Waals surface area contributed by atoms with E-state index < -0.39 is 0 Å². The summed E-state index contributed by atoms with van der Waals surface area (Å²) in [5, 5.41) is 7.82. The van der Waals surface area contributed by atoms with Gasteiger partial charge in [-0.25, -0.2) is 4.68 Å². The van der Waals surface area contributed by atoms with Crippen LogP contribution < -0.4 is 5.32 Å². The number of fused-ring (bicyclic) bond motifs is 1. The average molecular weight is 316 g/mol. The van der Waals surface area contributed by atoms with Crippen molar-refractivity contribution in [3.05, 3.63) is 82.7 Å². The van der Waals surface area contributed by atoms with Crippen molar-refractivity contribution in [1.82, 2.24) is 14.8 Å². The first-order valence-electron chi connectivity index (χ1n) is 8.15. The maximum Gasteiger partial charge on any atom is 0.226 e. The monoisotopic (exact) mass is 316 g/mol. The molecule has 4 rings (SSSR count). The Kier molecular flexibility index (Phi) is 3.45. The minimum Gasteiger partial charge on any atom is -0.324 e. The fourth-order valence-electron chi connectivity index (χ4n) is 3.15. The van der Waals surface area contributed by atoms with Crippen LogP contribution in [0.3, 0.4) is 0 Å². The van der Waals surface area contributed by atoms with Gasteiger partial charge in [0.2, 0.25) is 5.95 Å². The molecule has 1 atom stereocenters. The summed E-state index contributed by atoms with van der Waals surface area (Å²) in [6, 6.07) is 15.0. The smallest absolute Gasteiger partial charge is 0.226 e. The lowest BCUT2D eigenvalue weighted by Gasteiger charge is -2.25. The average Bonchev–Trinajstić information content (AvgIpc) is 3.05. The van der Waals surface area contributed by atoms with E-state index in [1.165, 1.54) is 27.8 Å². The topological polar surface area (TPSA) is 42.7 Å². The van der Waals surface area contributed by atoms with E-state index >= 15 is 0 Å². The first-order chi connectivity index (χ1) is 11.6. The standard InChI is InChI=1S/C20H20N4/c1-13-8-9-16(10-15(13)3)18-11-19(17-7-5-4-6-14(17)2)24-20(23-18)21-12-22-24/h4-12,19H,1-3H3,(H,21,22,23)/t19-/m0/s1. The molecule has 0 saturated carbocycles. The molecule has 0 unspecified atom stereocenters. The minimum absolute atomic E-state index is 0.0431. The molecule has 24 heavy (non-hydrogen) atoms. The number of aryl methyl sites for hydroxylation is 3. The molecule has 0 amide bonds. The molecule has 1 N–H and O–H groups in total. The van der Waals surface area contributed by atoms with E-state index in [2.05, 4.69) is 84.7 Å². The predicted octanol–water partition coefficient (Wildman–Crippen LogP) is 4.26. The molecule has 2 heterocycles. The Morgan fingerprint density at radius 1 is 0.958 bits per heavy atom. The lowest BCUT2D eigenvalue weighted by atomic mass is 9.97. The maximum absolute atomic E-state index is 4.41. The van der Waals surface area contributed by atoms with Crippen molar-refractivity contribution in [3.63, 3.8) is 0 Å². The first-order valence-corrected chi connectivity index (χ1v) is 8.15. The zero-order chi connectivity index (χ0) is 16.7. The van der Waals surface area contributed by atoms with E-state index in [-0.39, 0.29) is 6.04 Å². The molecular formula is C20H20N4. The summed E-state index contributed by atoms with van der Waals surface area (Å²) in [5.74, 6) is 0.777. The summed E-state index contributed by atoms with van der Waals surface area (Å²) in [7, 11) is 0. The second-order valence-corrected chi connectivity index (χ2v) is 6.33. The van der Waals surface area contributed by atoms with Crippen molar-refractivity contribution in [3.8, 4) is 0 Å². The molecule has 1 aromatic heterocycles. The van der Waals surface area contributed by atoms with Crippen LogP contribution in [0.15, 0.2) is 54.9 Å². The SMILES string of the molecule is Cc1ccc(C2=C[C@@H](c3ccccc3C)n3ncnc3N2)cc1C. The van der Waals surface area contributed by atoms with Crippen LogP contribution in [0.4, 0.5) is 5.95 Å². The highest BCUT2D eigenvalue weighted by Crippen LogP contribution is 2.33. The Balaban J connectivity index is 1.84. The zero-order valence-electron chi connectivity index (χ0n) is 14.1. The van der Waals surface area contributed by atoms with Crippen molar-refractivity contribution in [1.29, 1.82) is 0 Å². The molecule has 4 nitrogen and oxygen atoms in total. The third kappa shape index (κ3) is 2.40. The maximum atomic E-state index is 4.41. The lowest BCUT2D eigenvalue weighted by Crippen LogP contribution is -2.20. The highest BCUT2D eigenvalue weighted by Gasteiger charge is 2.24. The molecule has 2 aromatic carbocycles. The zero-order valence-corrected chi connectivity index (χ0v) is 14.1. The highest BCUT2D eigenvalue weighted by molar-refractivity contribution is 5.77. The Bertz CT molecular complexity index is 936. The summed E-state index contributed by atoms with van der Waals surface area (Å²) < 4.78 is 1.94. The number of nitrogens with zero attached hydrogens (tertiary/aromatic N) is 3. The fourth-order valence-corrected chi connectivity index (χ4v) is 3.15. The number of allylic oxidation sites excluding steroid dienone is 1. The molecule has 0 bridgehead atoms. The number of hydrogen-bond donors (Lipinski definition) is 1. The van der Waals surface area contributed by atoms with E-state index in [0.29, 0.717) is 0 Å². The second-order valence-electron chi connectivity index (χ2n) is 6.33. The van der Waals surface area contributed by atoms with Crippen molar-refractivity contribution >= 4 is 11.6 Å². The molecule has 0 radical (unpaired) electrons. The molecule has 0 aliphatic carbocycles. The van der Waals surface area contributed by atoms with E-state index in [4.69, 9.17) is 0 Å². The van der Waals surface area contributed by atoms with E-state index in [1.54, 1.807) is 6.33 Å². The Hall–Kier alpha value is -2.88. The minimum atomic E-state index is 0.0431. The molecule has 120 valence electrons. The van der Waals surface area contributed by atoms with Gasteiger partial charge in [0.1, 0.15) is 12.4 Å². The summed E-state index contributed by atoms with van der Waals surface area (Å²) >= 11 is 0. The van der Waals surface area contributed by atoms with Crippen molar-refractivity contribution in [2.75, 3.05) is 5.32 Å². The van der Waals surface area contributed by atoms with Crippen LogP contribution in [0.25, 0.3) is 5.70 Å². The summed E-state index contributed by atoms with van der Waals surface area (Å²) in [6.07, 6.45) is 3.83. The normalized spacial score (nSPS) is 16.3. The van der Waals surface area contributed by atoms with Gasteiger partial charge in [-0.2, -0.15) is 10.1 Å². The summed E-state index contributed by atoms with van der Waals surface area (Å²) in [5.41, 5.74) is 7.33. The van der Waals surface area contributed by atoms with Gasteiger partial charge in [-0.05, 0) is 60.7 Å². The Morgan fingerprint density at radius 3 is 2.58 bits per heavy atom. The van der Waals surface area contributed by atoms with Gasteiger partial charge in [-0.15, -0.1) is 0 Å². The van der Waals surface area contributed by atoms with Crippen LogP contribution in [0.5, 0.6) is 0 Å². The van der Waals surface area contributed by atoms with Crippen LogP contribution in [0.2, 0.25) is 0 Å². The quantitative estimate of drug-likeness (QED) is 0.768. The molecule has 4 heteroatoms. The number of aromatic nitrogens is 3. The molecule has 1 aliphatic rings. The van der Waals surface area contributed by atoms with E-state index in [0.717, 1.165) is 11.6 Å². The van der Waals surface area contributed by atoms with Crippen LogP contribution in [-0.2, 0) is 0 Å². The fraction of sp³-hybridized carbons (Fsp3) is 0.200. The molecule has 3 aromatic rings. The number of benzene rings is 2. The predicted molar refractivity (Wildman–Crippen MR) is 96.9 cm³/mol. The molecule has 0 saturated heterocycles. The van der Waals surface area contributed by atoms with E-state index in [1.807, 2.05) is 4.68 Å². The number of hydrogen-bond acceptors (Lipinski definition) is 3. The summed E-state index contributed by atoms with van der Waals surface area (Å²) in [4.78, 5) is 4.38. The lowest BCUT2D eigenvalue weighted by molar-refractivity contribution is 0.609. The van der Waals surface area contributed by atoms with Gasteiger partial charge in [0.25, 0.3) is 0 Å². The van der Waals surface area contributed by atoms with Gasteiger partial charge in [0, 0.05) is 5.70 Å². The van der Waals surface area contributed by atoms with Crippen LogP contribution in [0.1, 0.15) is 33.9 Å². The number of nitrogens with one attached hydrogen (secondary N) is 1. The van der Waals surface area contributed by atoms with Crippen molar-refractivity contribution in [2.24, 2.45) is 0 Å². The highest BCUT2D eigenvalue weighted by atomic mass is 15.4.